The highest BCUT2D eigenvalue weighted by molar-refractivity contribution is 7.89. The van der Waals surface area contributed by atoms with Gasteiger partial charge in [0.15, 0.2) is 0 Å². The van der Waals surface area contributed by atoms with E-state index in [1.54, 1.807) is 41.8 Å². The van der Waals surface area contributed by atoms with Crippen molar-refractivity contribution in [3.8, 4) is 0 Å². The third-order valence-corrected chi connectivity index (χ3v) is 7.47. The molecule has 0 aliphatic carbocycles. The number of carboxylic acids is 1. The quantitative estimate of drug-likeness (QED) is 0.245. The highest BCUT2D eigenvalue weighted by Gasteiger charge is 2.38. The van der Waals surface area contributed by atoms with Crippen LogP contribution in [0.4, 0.5) is 24.5 Å². The van der Waals surface area contributed by atoms with Gasteiger partial charge in [0.05, 0.1) is 38.4 Å². The zero-order chi connectivity index (χ0) is 28.2. The van der Waals surface area contributed by atoms with Gasteiger partial charge in [-0.1, -0.05) is 6.07 Å². The monoisotopic (exact) mass is 575 g/mol. The van der Waals surface area contributed by atoms with Crippen LogP contribution in [-0.2, 0) is 21.4 Å². The fourth-order valence-electron chi connectivity index (χ4n) is 3.44. The number of hydrogen-bond donors (Lipinski definition) is 3. The van der Waals surface area contributed by atoms with Gasteiger partial charge in [-0.15, -0.1) is 11.3 Å². The molecule has 0 radical (unpaired) electrons. The summed E-state index contributed by atoms with van der Waals surface area (Å²) in [5.41, 5.74) is 6.56. The number of sulfonamides is 1. The first kappa shape index (κ1) is 27.9. The number of rotatable bonds is 6. The summed E-state index contributed by atoms with van der Waals surface area (Å²) in [6.45, 7) is 1.99. The molecule has 0 saturated carbocycles. The Morgan fingerprint density at radius 3 is 2.51 bits per heavy atom. The number of benzene rings is 2. The van der Waals surface area contributed by atoms with E-state index in [1.807, 2.05) is 48.8 Å². The Labute approximate surface area is 224 Å². The molecule has 3 heterocycles. The van der Waals surface area contributed by atoms with Crippen molar-refractivity contribution in [2.75, 3.05) is 5.32 Å². The molecule has 0 atom stereocenters. The van der Waals surface area contributed by atoms with Crippen molar-refractivity contribution in [1.29, 1.82) is 0 Å². The lowest BCUT2D eigenvalue weighted by atomic mass is 10.2. The molecule has 0 spiro atoms. The van der Waals surface area contributed by atoms with Crippen LogP contribution in [0.15, 0.2) is 77.3 Å². The molecular formula is C25H20F3N5O4S2. The highest BCUT2D eigenvalue weighted by Crippen LogP contribution is 2.29. The molecule has 3 N–H and O–H groups in total. The van der Waals surface area contributed by atoms with Gasteiger partial charge in [-0.2, -0.15) is 13.2 Å². The van der Waals surface area contributed by atoms with Gasteiger partial charge in [0.2, 0.25) is 10.0 Å². The Bertz CT molecular complexity index is 1760. The van der Waals surface area contributed by atoms with E-state index < -0.39 is 22.2 Å². The van der Waals surface area contributed by atoms with Crippen LogP contribution in [0.3, 0.4) is 0 Å². The Balaban J connectivity index is 0.000000448. The summed E-state index contributed by atoms with van der Waals surface area (Å²) in [6.07, 6.45) is -3.39. The summed E-state index contributed by atoms with van der Waals surface area (Å²) >= 11 is 1.59. The van der Waals surface area contributed by atoms with E-state index in [-0.39, 0.29) is 11.4 Å². The van der Waals surface area contributed by atoms with E-state index in [0.717, 1.165) is 27.3 Å². The maximum absolute atomic E-state index is 12.9. The third kappa shape index (κ3) is 7.04. The van der Waals surface area contributed by atoms with Crippen molar-refractivity contribution in [3.05, 3.63) is 83.8 Å². The minimum atomic E-state index is -5.08. The summed E-state index contributed by atoms with van der Waals surface area (Å²) in [4.78, 5) is 22.1. The fourth-order valence-corrected chi connectivity index (χ4v) is 5.13. The molecular weight excluding hydrogens is 555 g/mol. The summed E-state index contributed by atoms with van der Waals surface area (Å²) in [5, 5.41) is 11.2. The standard InChI is InChI=1S/C23H19N5O2S2.C2HF3O2/c1-15-3-2-4-17(27-15)13-26-32(29,30)18-6-7-20-19(12-18)21(9-10-24-20)28-16-5-8-23-22(11-16)25-14-31-23;3-2(4,5)1(6)7/h2-12,14,26H,13H2,1H3,(H,24,28);(H,6,7). The van der Waals surface area contributed by atoms with E-state index in [1.165, 1.54) is 0 Å². The van der Waals surface area contributed by atoms with Gasteiger partial charge in [0.1, 0.15) is 0 Å². The van der Waals surface area contributed by atoms with Crippen molar-refractivity contribution in [2.45, 2.75) is 24.5 Å². The maximum atomic E-state index is 12.9. The van der Waals surface area contributed by atoms with Crippen molar-refractivity contribution >= 4 is 59.8 Å². The van der Waals surface area contributed by atoms with Crippen LogP contribution in [0.1, 0.15) is 11.4 Å². The molecule has 5 rings (SSSR count). The van der Waals surface area contributed by atoms with Gasteiger partial charge in [-0.25, -0.2) is 22.9 Å². The first-order valence-electron chi connectivity index (χ1n) is 11.1. The molecule has 0 aliphatic rings. The number of aliphatic carboxylic acids is 1. The predicted molar refractivity (Wildman–Crippen MR) is 141 cm³/mol. The molecule has 39 heavy (non-hydrogen) atoms. The lowest BCUT2D eigenvalue weighted by Crippen LogP contribution is -2.23. The molecule has 9 nitrogen and oxygen atoms in total. The Kier molecular flexibility index (Phi) is 8.09. The van der Waals surface area contributed by atoms with Gasteiger partial charge >= 0.3 is 12.1 Å². The van der Waals surface area contributed by atoms with Crippen molar-refractivity contribution in [3.63, 3.8) is 0 Å². The van der Waals surface area contributed by atoms with Crippen LogP contribution in [0, 0.1) is 6.92 Å². The van der Waals surface area contributed by atoms with Gasteiger partial charge in [0, 0.05) is 28.7 Å². The zero-order valence-corrected chi connectivity index (χ0v) is 21.7. The van der Waals surface area contributed by atoms with Gasteiger partial charge < -0.3 is 10.4 Å². The van der Waals surface area contributed by atoms with Crippen molar-refractivity contribution < 1.29 is 31.5 Å². The molecule has 0 aliphatic heterocycles. The number of fused-ring (bicyclic) bond motifs is 2. The number of hydrogen-bond acceptors (Lipinski definition) is 8. The molecule has 3 aromatic heterocycles. The van der Waals surface area contributed by atoms with Crippen LogP contribution in [0.5, 0.6) is 0 Å². The molecule has 0 fully saturated rings. The molecule has 0 saturated heterocycles. The van der Waals surface area contributed by atoms with Gasteiger partial charge in [0.25, 0.3) is 0 Å². The molecule has 2 aromatic carbocycles. The van der Waals surface area contributed by atoms with E-state index in [2.05, 4.69) is 25.0 Å². The number of thiazole rings is 1. The van der Waals surface area contributed by atoms with E-state index in [9.17, 15) is 21.6 Å². The van der Waals surface area contributed by atoms with Crippen molar-refractivity contribution in [1.82, 2.24) is 19.7 Å². The van der Waals surface area contributed by atoms with Crippen LogP contribution < -0.4 is 10.0 Å². The number of anilines is 2. The Morgan fingerprint density at radius 2 is 1.79 bits per heavy atom. The fraction of sp³-hybridized carbons (Fsp3) is 0.120. The zero-order valence-electron chi connectivity index (χ0n) is 20.1. The molecule has 0 bridgehead atoms. The second kappa shape index (κ2) is 11.3. The number of nitrogens with one attached hydrogen (secondary N) is 2. The van der Waals surface area contributed by atoms with Crippen LogP contribution in [0.25, 0.3) is 21.1 Å². The summed E-state index contributed by atoms with van der Waals surface area (Å²) < 4.78 is 61.3. The largest absolute Gasteiger partial charge is 0.490 e. The number of nitrogens with zero attached hydrogens (tertiary/aromatic N) is 3. The highest BCUT2D eigenvalue weighted by atomic mass is 32.2. The Hall–Kier alpha value is -4.14. The molecule has 5 aromatic rings. The topological polar surface area (TPSA) is 134 Å². The van der Waals surface area contributed by atoms with E-state index >= 15 is 0 Å². The third-order valence-electron chi connectivity index (χ3n) is 5.26. The second-order valence-corrected chi connectivity index (χ2v) is 10.7. The molecule has 14 heteroatoms. The van der Waals surface area contributed by atoms with Crippen LogP contribution in [0.2, 0.25) is 0 Å². The smallest absolute Gasteiger partial charge is 0.475 e. The summed E-state index contributed by atoms with van der Waals surface area (Å²) in [6, 6.07) is 18.2. The Morgan fingerprint density at radius 1 is 1.03 bits per heavy atom. The SMILES string of the molecule is Cc1cccc(CNS(=O)(=O)c2ccc3nccc(Nc4ccc5scnc5c4)c3c2)n1.O=C(O)C(F)(F)F. The number of carboxylic acid groups (broad SMARTS) is 1. The first-order chi connectivity index (χ1) is 18.4. The average molecular weight is 576 g/mol. The normalized spacial score (nSPS) is 11.7. The second-order valence-electron chi connectivity index (χ2n) is 8.10. The molecule has 202 valence electrons. The number of carbonyl (C=O) groups is 1. The van der Waals surface area contributed by atoms with E-state index in [4.69, 9.17) is 9.90 Å². The minimum absolute atomic E-state index is 0.119. The maximum Gasteiger partial charge on any atom is 0.490 e. The number of pyridine rings is 2. The van der Waals surface area contributed by atoms with Gasteiger partial charge in [-0.05, 0) is 61.5 Å². The minimum Gasteiger partial charge on any atom is -0.475 e. The van der Waals surface area contributed by atoms with Gasteiger partial charge in [-0.3, -0.25) is 9.97 Å². The number of halogens is 3. The lowest BCUT2D eigenvalue weighted by molar-refractivity contribution is -0.192. The summed E-state index contributed by atoms with van der Waals surface area (Å²) in [7, 11) is -3.73. The molecule has 0 unspecified atom stereocenters. The first-order valence-corrected chi connectivity index (χ1v) is 13.5. The van der Waals surface area contributed by atoms with Crippen molar-refractivity contribution in [2.24, 2.45) is 0 Å². The van der Waals surface area contributed by atoms with E-state index in [0.29, 0.717) is 16.6 Å². The number of aryl methyl sites for hydroxylation is 1. The lowest BCUT2D eigenvalue weighted by Gasteiger charge is -2.12. The van der Waals surface area contributed by atoms with Crippen LogP contribution in [-0.4, -0.2) is 40.6 Å². The van der Waals surface area contributed by atoms with Crippen LogP contribution >= 0.6 is 11.3 Å². The summed E-state index contributed by atoms with van der Waals surface area (Å²) in [5.74, 6) is -2.76. The predicted octanol–water partition coefficient (Wildman–Crippen LogP) is 5.40. The molecule has 0 amide bonds. The average Bonchev–Trinajstić information content (AvgIpc) is 3.35. The number of aromatic nitrogens is 3. The number of alkyl halides is 3.